The standard InChI is InChI=1S/C18H17BrClNO4/c1-11(14-8-16-17(9-15(14)19)24-6-5-23-16)21-18(22)10-25-13-4-2-3-12(20)7-13/h2-4,7-9,11H,5-6,10H2,1H3,(H,21,22). The van der Waals surface area contributed by atoms with Gasteiger partial charge in [0.2, 0.25) is 0 Å². The van der Waals surface area contributed by atoms with Gasteiger partial charge in [0.05, 0.1) is 6.04 Å². The van der Waals surface area contributed by atoms with Crippen LogP contribution in [0.25, 0.3) is 0 Å². The van der Waals surface area contributed by atoms with Crippen LogP contribution in [-0.4, -0.2) is 25.7 Å². The Bertz CT molecular complexity index is 784. The SMILES string of the molecule is CC(NC(=O)COc1cccc(Cl)c1)c1cc2c(cc1Br)OCCO2. The van der Waals surface area contributed by atoms with Crippen LogP contribution in [0.1, 0.15) is 18.5 Å². The number of fused-ring (bicyclic) bond motifs is 1. The van der Waals surface area contributed by atoms with Gasteiger partial charge in [-0.25, -0.2) is 0 Å². The van der Waals surface area contributed by atoms with Gasteiger partial charge in [-0.2, -0.15) is 0 Å². The summed E-state index contributed by atoms with van der Waals surface area (Å²) in [6.07, 6.45) is 0. The summed E-state index contributed by atoms with van der Waals surface area (Å²) in [5.74, 6) is 1.70. The lowest BCUT2D eigenvalue weighted by atomic mass is 10.1. The van der Waals surface area contributed by atoms with Crippen LogP contribution in [0.5, 0.6) is 17.2 Å². The molecule has 132 valence electrons. The van der Waals surface area contributed by atoms with Crippen molar-refractivity contribution in [1.82, 2.24) is 5.32 Å². The van der Waals surface area contributed by atoms with E-state index in [-0.39, 0.29) is 18.6 Å². The molecule has 0 aromatic heterocycles. The third kappa shape index (κ3) is 4.58. The number of carbonyl (C=O) groups excluding carboxylic acids is 1. The third-order valence-corrected chi connectivity index (χ3v) is 4.59. The lowest BCUT2D eigenvalue weighted by molar-refractivity contribution is -0.123. The lowest BCUT2D eigenvalue weighted by Gasteiger charge is -2.22. The first-order chi connectivity index (χ1) is 12.0. The zero-order chi connectivity index (χ0) is 17.8. The molecular formula is C18H17BrClNO4. The van der Waals surface area contributed by atoms with E-state index in [4.69, 9.17) is 25.8 Å². The first-order valence-corrected chi connectivity index (χ1v) is 8.97. The molecule has 3 rings (SSSR count). The molecule has 1 aliphatic heterocycles. The monoisotopic (exact) mass is 425 g/mol. The van der Waals surface area contributed by atoms with E-state index in [0.29, 0.717) is 35.5 Å². The van der Waals surface area contributed by atoms with Crippen LogP contribution in [0.4, 0.5) is 0 Å². The van der Waals surface area contributed by atoms with E-state index in [1.54, 1.807) is 24.3 Å². The lowest BCUT2D eigenvalue weighted by Crippen LogP contribution is -2.31. The topological polar surface area (TPSA) is 56.8 Å². The maximum atomic E-state index is 12.1. The molecule has 5 nitrogen and oxygen atoms in total. The summed E-state index contributed by atoms with van der Waals surface area (Å²) in [4.78, 5) is 12.1. The first-order valence-electron chi connectivity index (χ1n) is 7.79. The van der Waals surface area contributed by atoms with Gasteiger partial charge in [0.1, 0.15) is 19.0 Å². The molecule has 1 heterocycles. The summed E-state index contributed by atoms with van der Waals surface area (Å²) >= 11 is 9.41. The van der Waals surface area contributed by atoms with Gasteiger partial charge >= 0.3 is 0 Å². The molecule has 2 aromatic carbocycles. The number of amides is 1. The fraction of sp³-hybridized carbons (Fsp3) is 0.278. The van der Waals surface area contributed by atoms with Crippen molar-refractivity contribution in [2.45, 2.75) is 13.0 Å². The average Bonchev–Trinajstić information content (AvgIpc) is 2.59. The van der Waals surface area contributed by atoms with Crippen LogP contribution in [0.15, 0.2) is 40.9 Å². The highest BCUT2D eigenvalue weighted by Crippen LogP contribution is 2.37. The number of carbonyl (C=O) groups is 1. The van der Waals surface area contributed by atoms with Crippen LogP contribution in [-0.2, 0) is 4.79 Å². The van der Waals surface area contributed by atoms with Crippen molar-refractivity contribution in [1.29, 1.82) is 0 Å². The number of halogens is 2. The molecular weight excluding hydrogens is 410 g/mol. The summed E-state index contributed by atoms with van der Waals surface area (Å²) in [7, 11) is 0. The Morgan fingerprint density at radius 1 is 1.28 bits per heavy atom. The molecule has 1 unspecified atom stereocenters. The zero-order valence-electron chi connectivity index (χ0n) is 13.6. The van der Waals surface area contributed by atoms with E-state index in [1.165, 1.54) is 0 Å². The third-order valence-electron chi connectivity index (χ3n) is 3.67. The van der Waals surface area contributed by atoms with Crippen LogP contribution >= 0.6 is 27.5 Å². The van der Waals surface area contributed by atoms with Gasteiger partial charge in [0.15, 0.2) is 18.1 Å². The van der Waals surface area contributed by atoms with Gasteiger partial charge in [-0.15, -0.1) is 0 Å². The van der Waals surface area contributed by atoms with Crippen molar-refractivity contribution in [2.24, 2.45) is 0 Å². The van der Waals surface area contributed by atoms with E-state index < -0.39 is 0 Å². The maximum Gasteiger partial charge on any atom is 0.258 e. The number of ether oxygens (including phenoxy) is 3. The van der Waals surface area contributed by atoms with E-state index >= 15 is 0 Å². The molecule has 0 aliphatic carbocycles. The van der Waals surface area contributed by atoms with Gasteiger partial charge in [0, 0.05) is 9.50 Å². The highest BCUT2D eigenvalue weighted by Gasteiger charge is 2.19. The second-order valence-electron chi connectivity index (χ2n) is 5.55. The normalized spacial score (nSPS) is 13.9. The van der Waals surface area contributed by atoms with Crippen LogP contribution < -0.4 is 19.5 Å². The molecule has 0 bridgehead atoms. The van der Waals surface area contributed by atoms with E-state index in [0.717, 1.165) is 10.0 Å². The molecule has 1 aliphatic rings. The van der Waals surface area contributed by atoms with Crippen molar-refractivity contribution in [3.63, 3.8) is 0 Å². The first kappa shape index (κ1) is 17.9. The molecule has 0 fully saturated rings. The van der Waals surface area contributed by atoms with E-state index in [1.807, 2.05) is 19.1 Å². The summed E-state index contributed by atoms with van der Waals surface area (Å²) in [6.45, 7) is 2.86. The van der Waals surface area contributed by atoms with Crippen molar-refractivity contribution < 1.29 is 19.0 Å². The number of benzene rings is 2. The Labute approximate surface area is 159 Å². The second-order valence-corrected chi connectivity index (χ2v) is 6.84. The highest BCUT2D eigenvalue weighted by atomic mass is 79.9. The molecule has 0 radical (unpaired) electrons. The van der Waals surface area contributed by atoms with E-state index in [9.17, 15) is 4.79 Å². The molecule has 1 atom stereocenters. The minimum atomic E-state index is -0.228. The fourth-order valence-electron chi connectivity index (χ4n) is 2.48. The predicted molar refractivity (Wildman–Crippen MR) is 98.6 cm³/mol. The van der Waals surface area contributed by atoms with E-state index in [2.05, 4.69) is 21.2 Å². The summed E-state index contributed by atoms with van der Waals surface area (Å²) in [5, 5.41) is 3.47. The number of rotatable bonds is 5. The Morgan fingerprint density at radius 2 is 2.00 bits per heavy atom. The minimum Gasteiger partial charge on any atom is -0.486 e. The van der Waals surface area contributed by atoms with Crippen molar-refractivity contribution in [2.75, 3.05) is 19.8 Å². The van der Waals surface area contributed by atoms with Gasteiger partial charge in [-0.1, -0.05) is 33.6 Å². The molecule has 0 saturated heterocycles. The Balaban J connectivity index is 1.61. The quantitative estimate of drug-likeness (QED) is 0.781. The number of hydrogen-bond acceptors (Lipinski definition) is 4. The van der Waals surface area contributed by atoms with Crippen molar-refractivity contribution in [3.8, 4) is 17.2 Å². The molecule has 7 heteroatoms. The summed E-state index contributed by atoms with van der Waals surface area (Å²) in [5.41, 5.74) is 0.903. The predicted octanol–water partition coefficient (Wildman–Crippen LogP) is 4.13. The molecule has 0 spiro atoms. The van der Waals surface area contributed by atoms with Gasteiger partial charge < -0.3 is 19.5 Å². The van der Waals surface area contributed by atoms with Crippen molar-refractivity contribution >= 4 is 33.4 Å². The summed E-state index contributed by atoms with van der Waals surface area (Å²) < 4.78 is 17.4. The maximum absolute atomic E-state index is 12.1. The molecule has 25 heavy (non-hydrogen) atoms. The summed E-state index contributed by atoms with van der Waals surface area (Å²) in [6, 6.07) is 10.4. The van der Waals surface area contributed by atoms with Gasteiger partial charge in [-0.3, -0.25) is 4.79 Å². The largest absolute Gasteiger partial charge is 0.486 e. The Morgan fingerprint density at radius 3 is 2.72 bits per heavy atom. The molecule has 0 saturated carbocycles. The molecule has 2 aromatic rings. The van der Waals surface area contributed by atoms with Crippen LogP contribution in [0.3, 0.4) is 0 Å². The zero-order valence-corrected chi connectivity index (χ0v) is 15.9. The van der Waals surface area contributed by atoms with Gasteiger partial charge in [-0.05, 0) is 42.8 Å². The molecule has 1 N–H and O–H groups in total. The molecule has 1 amide bonds. The average molecular weight is 427 g/mol. The fourth-order valence-corrected chi connectivity index (χ4v) is 3.32. The Hall–Kier alpha value is -1.92. The van der Waals surface area contributed by atoms with Crippen molar-refractivity contribution in [3.05, 3.63) is 51.5 Å². The van der Waals surface area contributed by atoms with Crippen LogP contribution in [0, 0.1) is 0 Å². The highest BCUT2D eigenvalue weighted by molar-refractivity contribution is 9.10. The van der Waals surface area contributed by atoms with Gasteiger partial charge in [0.25, 0.3) is 5.91 Å². The minimum absolute atomic E-state index is 0.0904. The second kappa shape index (κ2) is 7.97. The number of hydrogen-bond donors (Lipinski definition) is 1. The van der Waals surface area contributed by atoms with Crippen LogP contribution in [0.2, 0.25) is 5.02 Å². The Kier molecular flexibility index (Phi) is 5.71. The number of nitrogens with one attached hydrogen (secondary N) is 1. The smallest absolute Gasteiger partial charge is 0.258 e.